The van der Waals surface area contributed by atoms with Gasteiger partial charge in [0.1, 0.15) is 17.2 Å². The van der Waals surface area contributed by atoms with E-state index < -0.39 is 5.97 Å². The van der Waals surface area contributed by atoms with Crippen LogP contribution in [0.2, 0.25) is 0 Å². The van der Waals surface area contributed by atoms with Crippen LogP contribution in [-0.4, -0.2) is 11.1 Å². The molecule has 0 aliphatic carbocycles. The van der Waals surface area contributed by atoms with Crippen LogP contribution in [0.15, 0.2) is 37.0 Å². The summed E-state index contributed by atoms with van der Waals surface area (Å²) in [6, 6.07) is 5.49. The van der Waals surface area contributed by atoms with Crippen LogP contribution in [-0.2, 0) is 6.61 Å². The predicted octanol–water partition coefficient (Wildman–Crippen LogP) is 5.31. The Kier molecular flexibility index (Phi) is 5.05. The molecule has 0 bridgehead atoms. The monoisotopic (exact) mass is 468 g/mol. The van der Waals surface area contributed by atoms with Crippen molar-refractivity contribution < 1.29 is 14.6 Å². The molecule has 0 saturated heterocycles. The molecule has 0 saturated carbocycles. The molecule has 1 aromatic carbocycles. The van der Waals surface area contributed by atoms with Gasteiger partial charge in [0.05, 0.1) is 8.95 Å². The number of rotatable bonds is 4. The van der Waals surface area contributed by atoms with E-state index in [9.17, 15) is 4.79 Å². The molecule has 100 valence electrons. The number of benzene rings is 1. The van der Waals surface area contributed by atoms with Gasteiger partial charge >= 0.3 is 5.97 Å². The Morgan fingerprint density at radius 3 is 2.47 bits per heavy atom. The number of aromatic carboxylic acids is 1. The summed E-state index contributed by atoms with van der Waals surface area (Å²) < 4.78 is 8.19. The summed E-state index contributed by atoms with van der Waals surface area (Å²) in [5, 5.41) is 10.8. The van der Waals surface area contributed by atoms with Crippen molar-refractivity contribution in [2.75, 3.05) is 0 Å². The molecule has 0 radical (unpaired) electrons. The van der Waals surface area contributed by atoms with Crippen molar-refractivity contribution >= 4 is 65.1 Å². The quantitative estimate of drug-likeness (QED) is 0.658. The lowest BCUT2D eigenvalue weighted by Gasteiger charge is -2.10. The summed E-state index contributed by atoms with van der Waals surface area (Å²) in [7, 11) is 0. The Morgan fingerprint density at radius 2 is 1.89 bits per heavy atom. The summed E-state index contributed by atoms with van der Waals surface area (Å²) in [6.45, 7) is 0.212. The van der Waals surface area contributed by atoms with Crippen LogP contribution >= 0.6 is 59.1 Å². The van der Waals surface area contributed by atoms with E-state index in [1.165, 1.54) is 11.3 Å². The lowest BCUT2D eigenvalue weighted by atomic mass is 10.2. The maximum absolute atomic E-state index is 11.0. The topological polar surface area (TPSA) is 46.5 Å². The minimum atomic E-state index is -0.928. The third-order valence-electron chi connectivity index (χ3n) is 2.28. The number of thiophene rings is 1. The van der Waals surface area contributed by atoms with Crippen molar-refractivity contribution in [2.45, 2.75) is 6.61 Å². The Hall–Kier alpha value is -0.370. The number of halogens is 3. The van der Waals surface area contributed by atoms with Crippen molar-refractivity contribution in [3.8, 4) is 5.75 Å². The second kappa shape index (κ2) is 6.39. The first-order chi connectivity index (χ1) is 8.99. The Labute approximate surface area is 139 Å². The minimum Gasteiger partial charge on any atom is -0.486 e. The molecule has 0 aliphatic rings. The second-order valence-electron chi connectivity index (χ2n) is 3.57. The van der Waals surface area contributed by atoms with Gasteiger partial charge in [0.25, 0.3) is 0 Å². The van der Waals surface area contributed by atoms with Crippen LogP contribution in [0.25, 0.3) is 0 Å². The molecule has 1 heterocycles. The largest absolute Gasteiger partial charge is 0.486 e. The third kappa shape index (κ3) is 3.59. The lowest BCUT2D eigenvalue weighted by molar-refractivity contribution is 0.0699. The van der Waals surface area contributed by atoms with E-state index in [1.807, 2.05) is 12.1 Å². The first kappa shape index (κ1) is 15.0. The SMILES string of the molecule is O=C(O)c1sccc1COc1c(Br)cc(Br)cc1Br. The van der Waals surface area contributed by atoms with E-state index in [0.717, 1.165) is 13.4 Å². The molecule has 0 fully saturated rings. The summed E-state index contributed by atoms with van der Waals surface area (Å²) in [5.41, 5.74) is 0.666. The molecule has 0 unspecified atom stereocenters. The molecule has 0 spiro atoms. The highest BCUT2D eigenvalue weighted by atomic mass is 79.9. The highest BCUT2D eigenvalue weighted by Crippen LogP contribution is 2.37. The van der Waals surface area contributed by atoms with E-state index in [0.29, 0.717) is 16.2 Å². The number of carboxylic acid groups (broad SMARTS) is 1. The van der Waals surface area contributed by atoms with Gasteiger partial charge < -0.3 is 9.84 Å². The normalized spacial score (nSPS) is 10.5. The highest BCUT2D eigenvalue weighted by Gasteiger charge is 2.14. The van der Waals surface area contributed by atoms with Crippen LogP contribution in [0.1, 0.15) is 15.2 Å². The molecule has 1 aromatic heterocycles. The zero-order valence-corrected chi connectivity index (χ0v) is 14.9. The van der Waals surface area contributed by atoms with Gasteiger partial charge in [-0.3, -0.25) is 0 Å². The molecule has 3 nitrogen and oxygen atoms in total. The summed E-state index contributed by atoms with van der Waals surface area (Å²) in [6.07, 6.45) is 0. The number of carbonyl (C=O) groups is 1. The van der Waals surface area contributed by atoms with E-state index in [4.69, 9.17) is 9.84 Å². The van der Waals surface area contributed by atoms with Gasteiger partial charge in [0.15, 0.2) is 0 Å². The number of hydrogen-bond acceptors (Lipinski definition) is 3. The first-order valence-corrected chi connectivity index (χ1v) is 8.32. The molecule has 1 N–H and O–H groups in total. The van der Waals surface area contributed by atoms with Gasteiger partial charge in [0, 0.05) is 10.0 Å². The zero-order valence-electron chi connectivity index (χ0n) is 9.32. The maximum Gasteiger partial charge on any atom is 0.346 e. The Bertz CT molecular complexity index is 601. The molecule has 0 amide bonds. The van der Waals surface area contributed by atoms with Crippen LogP contribution in [0.5, 0.6) is 5.75 Å². The summed E-state index contributed by atoms with van der Waals surface area (Å²) >= 11 is 11.4. The van der Waals surface area contributed by atoms with Crippen LogP contribution in [0.3, 0.4) is 0 Å². The molecule has 0 atom stereocenters. The van der Waals surface area contributed by atoms with E-state index in [-0.39, 0.29) is 6.61 Å². The fraction of sp³-hybridized carbons (Fsp3) is 0.0833. The van der Waals surface area contributed by atoms with E-state index in [2.05, 4.69) is 47.8 Å². The van der Waals surface area contributed by atoms with Crippen molar-refractivity contribution in [1.82, 2.24) is 0 Å². The average molecular weight is 471 g/mol. The third-order valence-corrected chi connectivity index (χ3v) is 4.86. The molecular formula is C12H7Br3O3S. The summed E-state index contributed by atoms with van der Waals surface area (Å²) in [4.78, 5) is 11.3. The Balaban J connectivity index is 2.19. The zero-order chi connectivity index (χ0) is 14.0. The smallest absolute Gasteiger partial charge is 0.346 e. The van der Waals surface area contributed by atoms with Gasteiger partial charge in [-0.25, -0.2) is 4.79 Å². The van der Waals surface area contributed by atoms with Crippen molar-refractivity contribution in [2.24, 2.45) is 0 Å². The van der Waals surface area contributed by atoms with Crippen molar-refractivity contribution in [3.05, 3.63) is 47.4 Å². The molecule has 19 heavy (non-hydrogen) atoms. The van der Waals surface area contributed by atoms with Gasteiger partial charge in [-0.1, -0.05) is 15.9 Å². The van der Waals surface area contributed by atoms with Crippen LogP contribution < -0.4 is 4.74 Å². The van der Waals surface area contributed by atoms with Crippen molar-refractivity contribution in [3.63, 3.8) is 0 Å². The minimum absolute atomic E-state index is 0.212. The van der Waals surface area contributed by atoms with Gasteiger partial charge in [-0.2, -0.15) is 0 Å². The van der Waals surface area contributed by atoms with Gasteiger partial charge in [-0.15, -0.1) is 11.3 Å². The Morgan fingerprint density at radius 1 is 1.26 bits per heavy atom. The predicted molar refractivity (Wildman–Crippen MR) is 85.2 cm³/mol. The molecular weight excluding hydrogens is 464 g/mol. The second-order valence-corrected chi connectivity index (χ2v) is 7.11. The molecule has 2 aromatic rings. The van der Waals surface area contributed by atoms with Gasteiger partial charge in [0.2, 0.25) is 0 Å². The van der Waals surface area contributed by atoms with Crippen LogP contribution in [0, 0.1) is 0 Å². The van der Waals surface area contributed by atoms with Gasteiger partial charge in [-0.05, 0) is 55.4 Å². The number of hydrogen-bond donors (Lipinski definition) is 1. The maximum atomic E-state index is 11.0. The number of ether oxygens (including phenoxy) is 1. The fourth-order valence-corrected chi connectivity index (χ4v) is 4.69. The highest BCUT2D eigenvalue weighted by molar-refractivity contribution is 9.11. The average Bonchev–Trinajstić information content (AvgIpc) is 2.75. The lowest BCUT2D eigenvalue weighted by Crippen LogP contribution is -2.02. The summed E-state index contributed by atoms with van der Waals surface area (Å²) in [5.74, 6) is -0.284. The van der Waals surface area contributed by atoms with Crippen molar-refractivity contribution in [1.29, 1.82) is 0 Å². The first-order valence-electron chi connectivity index (χ1n) is 5.06. The van der Waals surface area contributed by atoms with E-state index >= 15 is 0 Å². The molecule has 7 heteroatoms. The molecule has 0 aliphatic heterocycles. The van der Waals surface area contributed by atoms with E-state index in [1.54, 1.807) is 11.4 Å². The fourth-order valence-electron chi connectivity index (χ4n) is 1.45. The van der Waals surface area contributed by atoms with Crippen LogP contribution in [0.4, 0.5) is 0 Å². The number of carboxylic acids is 1. The standard InChI is InChI=1S/C12H7Br3O3S/c13-7-3-8(14)10(9(15)4-7)18-5-6-1-2-19-11(6)12(16)17/h1-4H,5H2,(H,16,17). The molecule has 2 rings (SSSR count).